The van der Waals surface area contributed by atoms with Crippen molar-refractivity contribution in [3.05, 3.63) is 29.8 Å². The van der Waals surface area contributed by atoms with Gasteiger partial charge in [-0.3, -0.25) is 9.59 Å². The molecule has 0 saturated carbocycles. The molecule has 5 heteroatoms. The number of hydrogen-bond donors (Lipinski definition) is 2. The highest BCUT2D eigenvalue weighted by Crippen LogP contribution is 2.10. The van der Waals surface area contributed by atoms with Gasteiger partial charge in [-0.25, -0.2) is 0 Å². The van der Waals surface area contributed by atoms with E-state index >= 15 is 0 Å². The van der Waals surface area contributed by atoms with E-state index in [-0.39, 0.29) is 18.3 Å². The van der Waals surface area contributed by atoms with Gasteiger partial charge in [0.1, 0.15) is 6.61 Å². The molecule has 2 rings (SSSR count). The Kier molecular flexibility index (Phi) is 5.90. The topological polar surface area (TPSA) is 59.8 Å². The van der Waals surface area contributed by atoms with Crippen LogP contribution in [0.25, 0.3) is 0 Å². The van der Waals surface area contributed by atoms with Crippen LogP contribution in [0.1, 0.15) is 30.1 Å². The molecule has 0 bridgehead atoms. The second-order valence-corrected chi connectivity index (χ2v) is 5.32. The third kappa shape index (κ3) is 4.95. The lowest BCUT2D eigenvalue weighted by Gasteiger charge is -2.12. The second kappa shape index (κ2) is 7.90. The zero-order valence-corrected chi connectivity index (χ0v) is 12.5. The van der Waals surface area contributed by atoms with E-state index in [1.165, 1.54) is 17.7 Å². The van der Waals surface area contributed by atoms with Crippen molar-refractivity contribution in [3.63, 3.8) is 0 Å². The van der Waals surface area contributed by atoms with Crippen LogP contribution in [0, 0.1) is 0 Å². The highest BCUT2D eigenvalue weighted by molar-refractivity contribution is 5.98. The van der Waals surface area contributed by atoms with Crippen LogP contribution in [0.5, 0.6) is 0 Å². The van der Waals surface area contributed by atoms with Crippen molar-refractivity contribution in [1.82, 2.24) is 0 Å². The van der Waals surface area contributed by atoms with E-state index in [1.54, 1.807) is 24.3 Å². The molecule has 21 heavy (non-hydrogen) atoms. The molecule has 1 heterocycles. The quantitative estimate of drug-likeness (QED) is 0.720. The first-order valence-corrected chi connectivity index (χ1v) is 7.53. The molecule has 0 aromatic heterocycles. The van der Waals surface area contributed by atoms with E-state index in [0.717, 1.165) is 18.8 Å². The van der Waals surface area contributed by atoms with Crippen LogP contribution < -0.4 is 10.2 Å². The Morgan fingerprint density at radius 2 is 1.86 bits per heavy atom. The number of carbonyl (C=O) groups excluding carboxylic acids is 2. The number of likely N-dealkylation sites (tertiary alicyclic amines) is 1. The molecular formula is C16H23N2O3+. The zero-order chi connectivity index (χ0) is 15.1. The van der Waals surface area contributed by atoms with Crippen LogP contribution in [0.15, 0.2) is 24.3 Å². The number of quaternary nitrogens is 1. The molecule has 1 saturated heterocycles. The van der Waals surface area contributed by atoms with Gasteiger partial charge in [-0.1, -0.05) is 0 Å². The predicted octanol–water partition coefficient (Wildman–Crippen LogP) is 0.523. The monoisotopic (exact) mass is 291 g/mol. The fourth-order valence-electron chi connectivity index (χ4n) is 2.50. The molecule has 1 amide bonds. The van der Waals surface area contributed by atoms with Gasteiger partial charge in [0.2, 0.25) is 0 Å². The molecule has 1 aromatic carbocycles. The Bertz CT molecular complexity index is 479. The molecule has 0 aliphatic carbocycles. The Balaban J connectivity index is 1.83. The predicted molar refractivity (Wildman–Crippen MR) is 80.7 cm³/mol. The molecule has 0 radical (unpaired) electrons. The maximum Gasteiger partial charge on any atom is 0.279 e. The Hall–Kier alpha value is -1.72. The minimum atomic E-state index is -0.0452. The molecular weight excluding hydrogens is 268 g/mol. The molecule has 0 atom stereocenters. The van der Waals surface area contributed by atoms with Crippen LogP contribution in [-0.2, 0) is 9.53 Å². The number of Topliss-reactive ketones (excluding diaryl/α,β-unsaturated/α-hetero) is 1. The Labute approximate surface area is 125 Å². The average Bonchev–Trinajstić information content (AvgIpc) is 2.98. The SMILES string of the molecule is CCOCC(=O)c1ccc(NC(=O)C[NH+]2CCCC2)cc1. The molecule has 1 aromatic rings. The minimum Gasteiger partial charge on any atom is -0.374 e. The number of anilines is 1. The van der Waals surface area contributed by atoms with Crippen LogP contribution in [0.3, 0.4) is 0 Å². The number of ketones is 1. The van der Waals surface area contributed by atoms with Crippen molar-refractivity contribution in [3.8, 4) is 0 Å². The first kappa shape index (κ1) is 15.7. The van der Waals surface area contributed by atoms with Gasteiger partial charge in [-0.2, -0.15) is 0 Å². The Morgan fingerprint density at radius 1 is 1.19 bits per heavy atom. The van der Waals surface area contributed by atoms with E-state index in [1.807, 2.05) is 6.92 Å². The summed E-state index contributed by atoms with van der Waals surface area (Å²) in [5.74, 6) is -0.0171. The van der Waals surface area contributed by atoms with Crippen molar-refractivity contribution in [2.75, 3.05) is 38.2 Å². The number of nitrogens with one attached hydrogen (secondary N) is 2. The van der Waals surface area contributed by atoms with Gasteiger partial charge >= 0.3 is 0 Å². The molecule has 0 spiro atoms. The van der Waals surface area contributed by atoms with Gasteiger partial charge in [0.25, 0.3) is 5.91 Å². The second-order valence-electron chi connectivity index (χ2n) is 5.32. The van der Waals surface area contributed by atoms with Gasteiger partial charge in [0, 0.05) is 30.7 Å². The summed E-state index contributed by atoms with van der Waals surface area (Å²) in [6.07, 6.45) is 2.42. The summed E-state index contributed by atoms with van der Waals surface area (Å²) in [4.78, 5) is 25.0. The van der Waals surface area contributed by atoms with Crippen LogP contribution in [0.2, 0.25) is 0 Å². The van der Waals surface area contributed by atoms with Gasteiger partial charge in [-0.05, 0) is 31.2 Å². The van der Waals surface area contributed by atoms with Crippen molar-refractivity contribution in [1.29, 1.82) is 0 Å². The van der Waals surface area contributed by atoms with Crippen LogP contribution in [-0.4, -0.2) is 44.5 Å². The maximum atomic E-state index is 11.9. The summed E-state index contributed by atoms with van der Waals surface area (Å²) in [6, 6.07) is 6.96. The summed E-state index contributed by atoms with van der Waals surface area (Å²) in [5, 5.41) is 2.88. The molecule has 0 unspecified atom stereocenters. The van der Waals surface area contributed by atoms with E-state index in [9.17, 15) is 9.59 Å². The zero-order valence-electron chi connectivity index (χ0n) is 12.5. The van der Waals surface area contributed by atoms with Gasteiger partial charge in [0.15, 0.2) is 12.3 Å². The van der Waals surface area contributed by atoms with Crippen LogP contribution in [0.4, 0.5) is 5.69 Å². The molecule has 5 nitrogen and oxygen atoms in total. The first-order valence-electron chi connectivity index (χ1n) is 7.53. The summed E-state index contributed by atoms with van der Waals surface area (Å²) in [5.41, 5.74) is 1.33. The number of benzene rings is 1. The van der Waals surface area contributed by atoms with Crippen molar-refractivity contribution in [2.24, 2.45) is 0 Å². The van der Waals surface area contributed by atoms with Crippen LogP contribution >= 0.6 is 0 Å². The number of hydrogen-bond acceptors (Lipinski definition) is 3. The minimum absolute atomic E-state index is 0.0280. The summed E-state index contributed by atoms with van der Waals surface area (Å²) < 4.78 is 5.10. The number of ether oxygens (including phenoxy) is 1. The highest BCUT2D eigenvalue weighted by Gasteiger charge is 2.18. The van der Waals surface area contributed by atoms with Crippen molar-refractivity contribution >= 4 is 17.4 Å². The van der Waals surface area contributed by atoms with Crippen molar-refractivity contribution in [2.45, 2.75) is 19.8 Å². The smallest absolute Gasteiger partial charge is 0.279 e. The van der Waals surface area contributed by atoms with E-state index < -0.39 is 0 Å². The summed E-state index contributed by atoms with van der Waals surface area (Å²) >= 11 is 0. The normalized spacial score (nSPS) is 15.1. The number of carbonyl (C=O) groups is 2. The molecule has 1 aliphatic heterocycles. The maximum absolute atomic E-state index is 11.9. The number of amides is 1. The lowest BCUT2D eigenvalue weighted by Crippen LogP contribution is -3.11. The van der Waals surface area contributed by atoms with Gasteiger partial charge < -0.3 is 15.0 Å². The summed E-state index contributed by atoms with van der Waals surface area (Å²) in [6.45, 7) is 5.16. The van der Waals surface area contributed by atoms with E-state index in [0.29, 0.717) is 18.7 Å². The van der Waals surface area contributed by atoms with Crippen molar-refractivity contribution < 1.29 is 19.2 Å². The Morgan fingerprint density at radius 3 is 2.48 bits per heavy atom. The molecule has 114 valence electrons. The summed E-state index contributed by atoms with van der Waals surface area (Å²) in [7, 11) is 0. The third-order valence-electron chi connectivity index (χ3n) is 3.65. The lowest BCUT2D eigenvalue weighted by atomic mass is 10.1. The van der Waals surface area contributed by atoms with Gasteiger partial charge in [0.05, 0.1) is 13.1 Å². The third-order valence-corrected chi connectivity index (χ3v) is 3.65. The lowest BCUT2D eigenvalue weighted by molar-refractivity contribution is -0.878. The largest absolute Gasteiger partial charge is 0.374 e. The first-order chi connectivity index (χ1) is 10.2. The highest BCUT2D eigenvalue weighted by atomic mass is 16.5. The molecule has 1 fully saturated rings. The molecule has 2 N–H and O–H groups in total. The van der Waals surface area contributed by atoms with Gasteiger partial charge in [-0.15, -0.1) is 0 Å². The average molecular weight is 291 g/mol. The van der Waals surface area contributed by atoms with E-state index in [2.05, 4.69) is 5.32 Å². The fraction of sp³-hybridized carbons (Fsp3) is 0.500. The fourth-order valence-corrected chi connectivity index (χ4v) is 2.50. The standard InChI is InChI=1S/C16H22N2O3/c1-2-21-12-15(19)13-5-7-14(8-6-13)17-16(20)11-18-9-3-4-10-18/h5-8H,2-4,9-12H2,1H3,(H,17,20)/p+1. The molecule has 1 aliphatic rings. The number of rotatable bonds is 7. The van der Waals surface area contributed by atoms with E-state index in [4.69, 9.17) is 4.74 Å².